The molecule has 0 spiro atoms. The van der Waals surface area contributed by atoms with Crippen molar-refractivity contribution in [2.24, 2.45) is 0 Å². The number of aryl methyl sites for hydroxylation is 5. The Labute approximate surface area is 867 Å². The molecule has 11 atom stereocenters. The fourth-order valence-corrected chi connectivity index (χ4v) is 14.7. The van der Waals surface area contributed by atoms with Crippen molar-refractivity contribution in [1.82, 2.24) is 0 Å². The minimum atomic E-state index is -1.19. The second kappa shape index (κ2) is 66.0. The van der Waals surface area contributed by atoms with Crippen LogP contribution in [0.3, 0.4) is 0 Å². The van der Waals surface area contributed by atoms with Gasteiger partial charge in [-0.25, -0.2) is 0 Å². The Hall–Kier alpha value is -10.0. The van der Waals surface area contributed by atoms with E-state index in [1.165, 1.54) is 69.5 Å². The Morgan fingerprint density at radius 1 is 0.319 bits per heavy atom. The third kappa shape index (κ3) is 47.4. The fourth-order valence-electron chi connectivity index (χ4n) is 13.8. The number of ether oxygens (including phenoxy) is 10. The van der Waals surface area contributed by atoms with Crippen LogP contribution < -0.4 is 37.9 Å². The van der Waals surface area contributed by atoms with Gasteiger partial charge in [-0.15, -0.1) is 0 Å². The summed E-state index contributed by atoms with van der Waals surface area (Å²) in [6.07, 6.45) is 9.77. The van der Waals surface area contributed by atoms with E-state index in [4.69, 9.17) is 47.4 Å². The van der Waals surface area contributed by atoms with Gasteiger partial charge in [-0.3, -0.25) is 9.59 Å². The number of aliphatic hydroxyl groups is 1. The summed E-state index contributed by atoms with van der Waals surface area (Å²) in [5, 5.41) is 46.6. The lowest BCUT2D eigenvalue weighted by Crippen LogP contribution is -2.23. The lowest BCUT2D eigenvalue weighted by molar-refractivity contribution is -0.213. The molecule has 19 heteroatoms. The number of rotatable bonds is 34. The zero-order valence-electron chi connectivity index (χ0n) is 92.1. The van der Waals surface area contributed by atoms with E-state index in [1.54, 1.807) is 44.6 Å². The van der Waals surface area contributed by atoms with Gasteiger partial charge in [0, 0.05) is 13.8 Å². The van der Waals surface area contributed by atoms with Crippen molar-refractivity contribution in [2.45, 2.75) is 363 Å². The number of aliphatic hydroxyl groups excluding tert-OH is 1. The quantitative estimate of drug-likeness (QED) is 0.0109. The molecule has 0 aliphatic carbocycles. The highest BCUT2D eigenvalue weighted by Crippen LogP contribution is 2.38. The molecule has 0 saturated heterocycles. The molecule has 5 N–H and O–H groups in total. The van der Waals surface area contributed by atoms with E-state index < -0.39 is 6.48 Å². The van der Waals surface area contributed by atoms with Crippen molar-refractivity contribution < 1.29 is 82.5 Å². The predicted molar refractivity (Wildman–Crippen MR) is 593 cm³/mol. The Bertz CT molecular complexity index is 5130. The molecule has 141 heavy (non-hydrogen) atoms. The lowest BCUT2D eigenvalue weighted by Gasteiger charge is -2.22. The number of carbonyl (C=O) groups is 2. The number of hydrogen-bond donors (Lipinski definition) is 5. The van der Waals surface area contributed by atoms with E-state index in [-0.39, 0.29) is 35.0 Å². The van der Waals surface area contributed by atoms with E-state index in [0.29, 0.717) is 119 Å². The van der Waals surface area contributed by atoms with Crippen molar-refractivity contribution in [1.29, 1.82) is 0 Å². The number of carbonyl (C=O) groups excluding carboxylic acids is 2. The highest BCUT2D eigenvalue weighted by molar-refractivity contribution is 9.11. The minimum absolute atomic E-state index is 0.152. The average Bonchev–Trinajstić information content (AvgIpc) is 0.864. The van der Waals surface area contributed by atoms with E-state index in [1.807, 2.05) is 133 Å². The third-order valence-corrected chi connectivity index (χ3v) is 26.4. The van der Waals surface area contributed by atoms with Gasteiger partial charge in [0.1, 0.15) is 58.2 Å². The van der Waals surface area contributed by atoms with Gasteiger partial charge in [0.25, 0.3) is 0 Å². The van der Waals surface area contributed by atoms with E-state index in [0.717, 1.165) is 112 Å². The minimum Gasteiger partial charge on any atom is -0.508 e. The van der Waals surface area contributed by atoms with Crippen LogP contribution in [0.25, 0.3) is 0 Å². The van der Waals surface area contributed by atoms with Gasteiger partial charge in [-0.1, -0.05) is 242 Å². The Kier molecular flexibility index (Phi) is 59.5. The summed E-state index contributed by atoms with van der Waals surface area (Å²) in [5.74, 6) is 11.3. The number of hydrogen-bond acceptors (Lipinski definition) is 17. The molecule has 0 aliphatic rings. The van der Waals surface area contributed by atoms with E-state index in [2.05, 4.69) is 272 Å². The summed E-state index contributed by atoms with van der Waals surface area (Å²) in [7, 11) is 3.14. The van der Waals surface area contributed by atoms with Crippen LogP contribution in [0, 0.1) is 34.6 Å². The molecule has 10 rings (SSSR count). The highest BCUT2D eigenvalue weighted by atomic mass is 79.9. The normalized spacial score (nSPS) is 13.1. The number of phenolic OH excluding ortho intramolecular Hbond substituents is 4. The first-order valence-electron chi connectivity index (χ1n) is 50.6. The zero-order chi connectivity index (χ0) is 107. The number of phenols is 4. The molecule has 11 unspecified atom stereocenters. The van der Waals surface area contributed by atoms with Crippen LogP contribution in [-0.4, -0.2) is 89.9 Å². The molecule has 0 aliphatic heterocycles. The number of esters is 2. The number of aromatic hydroxyl groups is 4. The summed E-state index contributed by atoms with van der Waals surface area (Å²) >= 11 is 6.87. The van der Waals surface area contributed by atoms with Crippen molar-refractivity contribution in [3.8, 4) is 69.0 Å². The van der Waals surface area contributed by atoms with Crippen molar-refractivity contribution in [3.05, 3.63) is 280 Å². The molecule has 780 valence electrons. The summed E-state index contributed by atoms with van der Waals surface area (Å²) in [5.41, 5.74) is 18.0. The fraction of sp³-hybridized carbons (Fsp3) is 0.492. The first-order valence-corrected chi connectivity index (χ1v) is 52.2. The smallest absolute Gasteiger partial charge is 0.313 e. The summed E-state index contributed by atoms with van der Waals surface area (Å²) in [4.78, 5) is 21.7. The number of halogens is 2. The first-order chi connectivity index (χ1) is 66.4. The number of methoxy groups -OCH3 is 2. The summed E-state index contributed by atoms with van der Waals surface area (Å²) < 4.78 is 55.7. The Balaban J connectivity index is 0.000000544. The van der Waals surface area contributed by atoms with Crippen LogP contribution in [0.1, 0.15) is 388 Å². The highest BCUT2D eigenvalue weighted by Gasteiger charge is 2.20. The maximum absolute atomic E-state index is 10.9. The molecule has 0 fully saturated rings. The Morgan fingerprint density at radius 2 is 0.617 bits per heavy atom. The SMILES string of the molecule is CCC(C)c1ccc(O)c(Br)c1.CCC(C)c1ccc(O)c(C)c1.CCC(C)c1ccc(O)c(C)c1.CCC(C)c1ccc(O)c(OC)c1.CCC(C)c1ccc(OC(C)(C)C)c(Br)c1.CCC(C)c1ccc(OC(C)=O)c(C)c1.CCC(C)c1ccc(OC(C)=O)c(OC)c1.CCC(C)c1ccc(OC(C)OCCOc2ccc(C(C)(C)C)cc2)c(C)c1.CCOC(O)Oc1ccc(C(C)CC)cc1C. The second-order valence-corrected chi connectivity index (χ2v) is 40.4. The largest absolute Gasteiger partial charge is 0.508 e. The summed E-state index contributed by atoms with van der Waals surface area (Å²) in [6, 6.07) is 61.6. The van der Waals surface area contributed by atoms with Gasteiger partial charge in [-0.2, -0.15) is 0 Å². The average molecular weight is 2070 g/mol. The van der Waals surface area contributed by atoms with E-state index >= 15 is 0 Å². The van der Waals surface area contributed by atoms with Crippen LogP contribution in [0.4, 0.5) is 0 Å². The van der Waals surface area contributed by atoms with E-state index in [9.17, 15) is 35.1 Å². The number of benzene rings is 10. The van der Waals surface area contributed by atoms with Crippen LogP contribution >= 0.6 is 31.9 Å². The molecule has 17 nitrogen and oxygen atoms in total. The molecule has 10 aromatic carbocycles. The van der Waals surface area contributed by atoms with Crippen LogP contribution in [0.5, 0.6) is 69.0 Å². The van der Waals surface area contributed by atoms with Gasteiger partial charge in [0.05, 0.1) is 36.4 Å². The predicted octanol–water partition coefficient (Wildman–Crippen LogP) is 34.5. The molecular weight excluding hydrogens is 1900 g/mol. The van der Waals surface area contributed by atoms with Crippen molar-refractivity contribution >= 4 is 43.8 Å². The standard InChI is InChI=1S/C25H36O3.C14H21BrO.C14H22O3.C13H18O3.C13H18O2.C11H16O2.2C11H16O.C10H13BrO/c1-8-18(2)21-9-14-24(19(3)17-21)28-20(4)26-15-16-27-23-12-10-22(11-13-23)25(5,6)7;1-6-10(2)11-7-8-13(12(15)9-11)16-14(3,4)5;1-5-10(3)12-7-8-13(11(4)9-12)17-14(15)16-6-2;1-5-9(2)11-6-7-12(16-10(3)14)13(8-11)15-4;1-5-9(2)12-6-7-13(10(3)8-12)15-11(4)14;1-4-8(2)9-5-6-10(12)11(7-9)13-3;2*1-4-8(2)10-5-6-11(12)9(3)7-10;1-3-7(2)8-4-5-10(12)9(11)6-8/h9-14,17-18,20H,8,15-16H2,1-7H3;7-10H,6H2,1-5H3;7-10,14-15H,5-6H2,1-4H3;6-9H,5H2,1-4H3;6-9H,5H2,1-4H3;5-8,12H,4H2,1-3H3;2*5-8,12H,4H2,1-3H3;4-7,12H,3H2,1-2H3. The molecule has 0 saturated carbocycles. The van der Waals surface area contributed by atoms with Crippen molar-refractivity contribution in [2.75, 3.05) is 34.0 Å². The van der Waals surface area contributed by atoms with Gasteiger partial charge in [0.2, 0.25) is 0 Å². The zero-order valence-corrected chi connectivity index (χ0v) is 95.3. The monoisotopic (exact) mass is 2070 g/mol. The van der Waals surface area contributed by atoms with Gasteiger partial charge in [0.15, 0.2) is 29.3 Å². The second-order valence-electron chi connectivity index (χ2n) is 38.7. The van der Waals surface area contributed by atoms with Gasteiger partial charge >= 0.3 is 18.4 Å². The van der Waals surface area contributed by atoms with Gasteiger partial charge < -0.3 is 72.9 Å². The van der Waals surface area contributed by atoms with Gasteiger partial charge in [-0.05, 0) is 392 Å². The first kappa shape index (κ1) is 127. The molecule has 0 amide bonds. The molecule has 0 bridgehead atoms. The maximum Gasteiger partial charge on any atom is 0.313 e. The molecular formula is C122H176Br2O17. The Morgan fingerprint density at radius 3 is 0.936 bits per heavy atom. The molecule has 0 radical (unpaired) electrons. The molecule has 0 heterocycles. The maximum atomic E-state index is 10.9. The summed E-state index contributed by atoms with van der Waals surface area (Å²) in [6.45, 7) is 68.7. The molecule has 10 aromatic rings. The topological polar surface area (TPSA) is 228 Å². The lowest BCUT2D eigenvalue weighted by atomic mass is 9.87. The van der Waals surface area contributed by atoms with Crippen LogP contribution in [0.2, 0.25) is 0 Å². The third-order valence-electron chi connectivity index (χ3n) is 25.2. The van der Waals surface area contributed by atoms with Crippen molar-refractivity contribution in [3.63, 3.8) is 0 Å². The van der Waals surface area contributed by atoms with Crippen LogP contribution in [-0.2, 0) is 24.5 Å². The molecule has 0 aromatic heterocycles. The van der Waals surface area contributed by atoms with Crippen LogP contribution in [0.15, 0.2) is 197 Å².